The van der Waals surface area contributed by atoms with E-state index in [1.54, 1.807) is 0 Å². The molecule has 2 amide bonds. The highest BCUT2D eigenvalue weighted by molar-refractivity contribution is 5.88. The van der Waals surface area contributed by atoms with Crippen molar-refractivity contribution in [3.63, 3.8) is 0 Å². The van der Waals surface area contributed by atoms with Crippen molar-refractivity contribution in [2.45, 2.75) is 19.5 Å². The number of likely N-dealkylation sites (N-methyl/N-ethyl adjacent to an activating group) is 1. The van der Waals surface area contributed by atoms with E-state index in [4.69, 9.17) is 5.73 Å². The molecule has 1 aliphatic heterocycles. The third-order valence-electron chi connectivity index (χ3n) is 4.04. The number of amides is 2. The Bertz CT molecular complexity index is 485. The Hall–Kier alpha value is -1.63. The van der Waals surface area contributed by atoms with Crippen molar-refractivity contribution in [1.82, 2.24) is 15.1 Å². The van der Waals surface area contributed by atoms with E-state index in [0.29, 0.717) is 12.6 Å². The van der Waals surface area contributed by atoms with E-state index in [1.807, 2.05) is 24.3 Å². The number of nitrogens with two attached hydrogens (primary N) is 1. The van der Waals surface area contributed by atoms with E-state index >= 15 is 0 Å². The smallest absolute Gasteiger partial charge is 0.316 e. The van der Waals surface area contributed by atoms with Gasteiger partial charge in [0.25, 0.3) is 0 Å². The molecule has 0 aliphatic carbocycles. The molecule has 0 aromatic heterocycles. The number of urea groups is 1. The maximum absolute atomic E-state index is 11.0. The second-order valence-electron chi connectivity index (χ2n) is 6.03. The van der Waals surface area contributed by atoms with Crippen molar-refractivity contribution in [3.8, 4) is 0 Å². The second kappa shape index (κ2) is 8.12. The quantitative estimate of drug-likeness (QED) is 0.730. The molecule has 1 unspecified atom stereocenters. The first kappa shape index (κ1) is 16.7. The Labute approximate surface area is 132 Å². The number of nitrogens with one attached hydrogen (secondary N) is 2. The van der Waals surface area contributed by atoms with Gasteiger partial charge in [0.05, 0.1) is 0 Å². The number of piperazine rings is 1. The number of benzene rings is 1. The molecule has 0 radical (unpaired) electrons. The van der Waals surface area contributed by atoms with Gasteiger partial charge in [-0.2, -0.15) is 0 Å². The summed E-state index contributed by atoms with van der Waals surface area (Å²) in [5, 5.41) is 6.19. The van der Waals surface area contributed by atoms with Crippen LogP contribution in [0.15, 0.2) is 24.3 Å². The van der Waals surface area contributed by atoms with Crippen molar-refractivity contribution in [2.75, 3.05) is 45.1 Å². The summed E-state index contributed by atoms with van der Waals surface area (Å²) in [6, 6.07) is 7.59. The molecule has 6 heteroatoms. The van der Waals surface area contributed by atoms with E-state index < -0.39 is 6.03 Å². The maximum Gasteiger partial charge on any atom is 0.316 e. The molecule has 0 bridgehead atoms. The fourth-order valence-electron chi connectivity index (χ4n) is 2.70. The van der Waals surface area contributed by atoms with Crippen molar-refractivity contribution in [2.24, 2.45) is 5.73 Å². The summed E-state index contributed by atoms with van der Waals surface area (Å²) in [4.78, 5) is 15.9. The van der Waals surface area contributed by atoms with Crippen molar-refractivity contribution in [1.29, 1.82) is 0 Å². The molecular formula is C16H27N5O. The third-order valence-corrected chi connectivity index (χ3v) is 4.04. The highest BCUT2D eigenvalue weighted by Crippen LogP contribution is 2.14. The molecular weight excluding hydrogens is 278 g/mol. The lowest BCUT2D eigenvalue weighted by Gasteiger charge is -2.34. The number of rotatable bonds is 6. The van der Waals surface area contributed by atoms with Crippen molar-refractivity contribution in [3.05, 3.63) is 29.8 Å². The normalized spacial score (nSPS) is 18.1. The first-order valence-corrected chi connectivity index (χ1v) is 7.83. The van der Waals surface area contributed by atoms with Crippen LogP contribution in [0.5, 0.6) is 0 Å². The Morgan fingerprint density at radius 3 is 2.64 bits per heavy atom. The predicted octanol–water partition coefficient (Wildman–Crippen LogP) is 0.903. The topological polar surface area (TPSA) is 73.6 Å². The molecule has 1 aliphatic rings. The van der Waals surface area contributed by atoms with Crippen LogP contribution in [0, 0.1) is 0 Å². The minimum atomic E-state index is -0.530. The summed E-state index contributed by atoms with van der Waals surface area (Å²) in [6.45, 7) is 8.48. The summed E-state index contributed by atoms with van der Waals surface area (Å²) in [5.41, 5.74) is 7.02. The molecule has 6 nitrogen and oxygen atoms in total. The van der Waals surface area contributed by atoms with Gasteiger partial charge in [0.15, 0.2) is 0 Å². The molecule has 1 aromatic carbocycles. The number of hydrogen-bond acceptors (Lipinski definition) is 4. The van der Waals surface area contributed by atoms with Gasteiger partial charge in [-0.15, -0.1) is 0 Å². The fourth-order valence-corrected chi connectivity index (χ4v) is 2.70. The lowest BCUT2D eigenvalue weighted by molar-refractivity contribution is 0.144. The molecule has 0 spiro atoms. The fraction of sp³-hybridized carbons (Fsp3) is 0.562. The highest BCUT2D eigenvalue weighted by Gasteiger charge is 2.16. The van der Waals surface area contributed by atoms with Gasteiger partial charge in [0, 0.05) is 51.0 Å². The van der Waals surface area contributed by atoms with Gasteiger partial charge in [0.1, 0.15) is 0 Å². The zero-order chi connectivity index (χ0) is 15.9. The van der Waals surface area contributed by atoms with E-state index in [1.165, 1.54) is 0 Å². The summed E-state index contributed by atoms with van der Waals surface area (Å²) >= 11 is 0. The first-order valence-electron chi connectivity index (χ1n) is 7.83. The van der Waals surface area contributed by atoms with Crippen LogP contribution in [0.4, 0.5) is 10.5 Å². The van der Waals surface area contributed by atoms with Crippen LogP contribution in [0.1, 0.15) is 12.5 Å². The molecule has 1 atom stereocenters. The zero-order valence-electron chi connectivity index (χ0n) is 13.5. The van der Waals surface area contributed by atoms with Crippen LogP contribution in [0.25, 0.3) is 0 Å². The number of hydrogen-bond donors (Lipinski definition) is 3. The van der Waals surface area contributed by atoms with Gasteiger partial charge in [-0.3, -0.25) is 4.90 Å². The lowest BCUT2D eigenvalue weighted by Crippen LogP contribution is -2.48. The lowest BCUT2D eigenvalue weighted by atomic mass is 10.1. The van der Waals surface area contributed by atoms with Crippen LogP contribution in [-0.2, 0) is 6.54 Å². The maximum atomic E-state index is 11.0. The molecule has 0 saturated carbocycles. The monoisotopic (exact) mass is 305 g/mol. The Kier molecular flexibility index (Phi) is 6.18. The Morgan fingerprint density at radius 1 is 1.27 bits per heavy atom. The highest BCUT2D eigenvalue weighted by atomic mass is 16.2. The van der Waals surface area contributed by atoms with Crippen molar-refractivity contribution < 1.29 is 4.79 Å². The van der Waals surface area contributed by atoms with Crippen LogP contribution >= 0.6 is 0 Å². The largest absolute Gasteiger partial charge is 0.351 e. The van der Waals surface area contributed by atoms with Gasteiger partial charge >= 0.3 is 6.03 Å². The summed E-state index contributed by atoms with van der Waals surface area (Å²) in [7, 11) is 2.17. The van der Waals surface area contributed by atoms with Gasteiger partial charge < -0.3 is 21.3 Å². The van der Waals surface area contributed by atoms with E-state index in [0.717, 1.165) is 44.0 Å². The summed E-state index contributed by atoms with van der Waals surface area (Å²) in [5.74, 6) is 0. The van der Waals surface area contributed by atoms with Gasteiger partial charge in [-0.25, -0.2) is 4.79 Å². The van der Waals surface area contributed by atoms with Crippen LogP contribution in [0.2, 0.25) is 0 Å². The minimum absolute atomic E-state index is 0.394. The van der Waals surface area contributed by atoms with Crippen LogP contribution in [-0.4, -0.2) is 61.6 Å². The second-order valence-corrected chi connectivity index (χ2v) is 6.03. The molecule has 1 fully saturated rings. The third kappa shape index (κ3) is 5.29. The SMILES string of the molecule is CC(CN1CCN(C)CC1)NCc1ccccc1NC(N)=O. The number of anilines is 1. The average molecular weight is 305 g/mol. The van der Waals surface area contributed by atoms with Crippen LogP contribution < -0.4 is 16.4 Å². The summed E-state index contributed by atoms with van der Waals surface area (Å²) < 4.78 is 0. The Balaban J connectivity index is 1.81. The zero-order valence-corrected chi connectivity index (χ0v) is 13.5. The molecule has 4 N–H and O–H groups in total. The van der Waals surface area contributed by atoms with Crippen molar-refractivity contribution >= 4 is 11.7 Å². The number of para-hydroxylation sites is 1. The predicted molar refractivity (Wildman–Crippen MR) is 89.9 cm³/mol. The number of primary amides is 1. The van der Waals surface area contributed by atoms with Gasteiger partial charge in [-0.1, -0.05) is 18.2 Å². The first-order chi connectivity index (χ1) is 10.5. The average Bonchev–Trinajstić information content (AvgIpc) is 2.48. The van der Waals surface area contributed by atoms with Gasteiger partial charge in [-0.05, 0) is 25.6 Å². The molecule has 2 rings (SSSR count). The molecule has 1 aromatic rings. The molecule has 22 heavy (non-hydrogen) atoms. The standard InChI is InChI=1S/C16H27N5O/c1-13(12-21-9-7-20(2)8-10-21)18-11-14-5-3-4-6-15(14)19-16(17)22/h3-6,13,18H,7-12H2,1-2H3,(H3,17,19,22). The van der Waals surface area contributed by atoms with Gasteiger partial charge in [0.2, 0.25) is 0 Å². The minimum Gasteiger partial charge on any atom is -0.351 e. The Morgan fingerprint density at radius 2 is 1.95 bits per heavy atom. The van der Waals surface area contributed by atoms with E-state index in [-0.39, 0.29) is 0 Å². The van der Waals surface area contributed by atoms with E-state index in [2.05, 4.69) is 34.4 Å². The number of carbonyl (C=O) groups is 1. The molecule has 1 saturated heterocycles. The van der Waals surface area contributed by atoms with E-state index in [9.17, 15) is 4.79 Å². The molecule has 122 valence electrons. The number of nitrogens with zero attached hydrogens (tertiary/aromatic N) is 2. The summed E-state index contributed by atoms with van der Waals surface area (Å²) in [6.07, 6.45) is 0. The molecule has 1 heterocycles. The van der Waals surface area contributed by atoms with Crippen LogP contribution in [0.3, 0.4) is 0 Å². The number of carbonyl (C=O) groups excluding carboxylic acids is 1.